The summed E-state index contributed by atoms with van der Waals surface area (Å²) in [6.45, 7) is 0. The highest BCUT2D eigenvalue weighted by Crippen LogP contribution is 2.26. The van der Waals surface area contributed by atoms with E-state index in [0.29, 0.717) is 5.02 Å². The molecule has 0 unspecified atom stereocenters. The molecule has 0 atom stereocenters. The Labute approximate surface area is 130 Å². The summed E-state index contributed by atoms with van der Waals surface area (Å²) in [5, 5.41) is 2.94. The Balaban J connectivity index is 2.49. The molecule has 4 nitrogen and oxygen atoms in total. The molecule has 0 aromatic heterocycles. The van der Waals surface area contributed by atoms with E-state index < -0.39 is 11.7 Å². The lowest BCUT2D eigenvalue weighted by molar-refractivity contribution is -0.127. The molecule has 1 N–H and O–H groups in total. The Morgan fingerprint density at radius 3 is 2.38 bits per heavy atom. The molecule has 21 heavy (non-hydrogen) atoms. The van der Waals surface area contributed by atoms with Crippen molar-refractivity contribution in [2.45, 2.75) is 0 Å². The zero-order valence-corrected chi connectivity index (χ0v) is 12.1. The van der Waals surface area contributed by atoms with Crippen LogP contribution in [0.1, 0.15) is 15.9 Å². The number of hydrogen-bond donors (Lipinski definition) is 1. The molecule has 0 aliphatic rings. The first kappa shape index (κ1) is 15.2. The average molecular weight is 322 g/mol. The number of nitrogens with one attached hydrogen (secondary N) is 1. The topological polar surface area (TPSA) is 63.2 Å². The molecule has 0 heterocycles. The second-order valence-corrected chi connectivity index (χ2v) is 4.95. The van der Waals surface area contributed by atoms with Crippen molar-refractivity contribution in [1.29, 1.82) is 0 Å². The van der Waals surface area contributed by atoms with Crippen LogP contribution in [0, 0.1) is 0 Å². The minimum absolute atomic E-state index is 0.123. The van der Waals surface area contributed by atoms with Crippen LogP contribution in [0.15, 0.2) is 42.5 Å². The van der Waals surface area contributed by atoms with E-state index in [0.717, 1.165) is 0 Å². The number of rotatable bonds is 4. The van der Waals surface area contributed by atoms with Crippen LogP contribution < -0.4 is 5.32 Å². The van der Waals surface area contributed by atoms with Gasteiger partial charge in [0.1, 0.15) is 0 Å². The first-order valence-corrected chi connectivity index (χ1v) is 6.63. The van der Waals surface area contributed by atoms with Crippen molar-refractivity contribution in [1.82, 2.24) is 0 Å². The number of hydrogen-bond acceptors (Lipinski definition) is 3. The summed E-state index contributed by atoms with van der Waals surface area (Å²) in [4.78, 5) is 34.2. The molecule has 0 saturated carbocycles. The number of carbonyl (C=O) groups is 3. The Morgan fingerprint density at radius 2 is 1.71 bits per heavy atom. The molecule has 2 aromatic carbocycles. The van der Waals surface area contributed by atoms with E-state index in [2.05, 4.69) is 5.32 Å². The van der Waals surface area contributed by atoms with Gasteiger partial charge in [-0.3, -0.25) is 14.4 Å². The highest BCUT2D eigenvalue weighted by atomic mass is 35.5. The van der Waals surface area contributed by atoms with Crippen LogP contribution in [0.4, 0.5) is 5.69 Å². The van der Waals surface area contributed by atoms with E-state index in [1.165, 1.54) is 18.2 Å². The van der Waals surface area contributed by atoms with E-state index >= 15 is 0 Å². The molecule has 0 radical (unpaired) electrons. The molecule has 0 spiro atoms. The highest BCUT2D eigenvalue weighted by molar-refractivity contribution is 6.36. The van der Waals surface area contributed by atoms with E-state index in [1.807, 2.05) is 0 Å². The van der Waals surface area contributed by atoms with Gasteiger partial charge in [0.05, 0.1) is 10.7 Å². The van der Waals surface area contributed by atoms with E-state index in [1.54, 1.807) is 24.3 Å². The predicted octanol–water partition coefficient (Wildman–Crippen LogP) is 3.36. The zero-order chi connectivity index (χ0) is 15.4. The van der Waals surface area contributed by atoms with Crippen LogP contribution in [0.25, 0.3) is 0 Å². The number of halogens is 2. The predicted molar refractivity (Wildman–Crippen MR) is 81.0 cm³/mol. The third kappa shape index (κ3) is 3.48. The smallest absolute Gasteiger partial charge is 0.288 e. The SMILES string of the molecule is O=CC(=O)Nc1ccc(Cl)cc1C(=O)c1ccccc1Cl. The van der Waals surface area contributed by atoms with Gasteiger partial charge in [-0.1, -0.05) is 35.3 Å². The molecular weight excluding hydrogens is 313 g/mol. The maximum Gasteiger partial charge on any atom is 0.288 e. The van der Waals surface area contributed by atoms with Gasteiger partial charge in [0.25, 0.3) is 5.91 Å². The normalized spacial score (nSPS) is 10.0. The van der Waals surface area contributed by atoms with E-state index in [9.17, 15) is 14.4 Å². The fourth-order valence-corrected chi connectivity index (χ4v) is 2.16. The van der Waals surface area contributed by atoms with Crippen LogP contribution in [-0.4, -0.2) is 18.0 Å². The summed E-state index contributed by atoms with van der Waals surface area (Å²) >= 11 is 11.9. The minimum atomic E-state index is -0.856. The van der Waals surface area contributed by atoms with Gasteiger partial charge >= 0.3 is 0 Å². The van der Waals surface area contributed by atoms with Crippen molar-refractivity contribution in [3.8, 4) is 0 Å². The Bertz CT molecular complexity index is 729. The Hall–Kier alpha value is -2.17. The molecule has 1 amide bonds. The van der Waals surface area contributed by atoms with Gasteiger partial charge in [-0.25, -0.2) is 0 Å². The molecule has 0 fully saturated rings. The molecule has 106 valence electrons. The number of benzene rings is 2. The fraction of sp³-hybridized carbons (Fsp3) is 0. The Kier molecular flexibility index (Phi) is 4.73. The summed E-state index contributed by atoms with van der Waals surface area (Å²) in [6.07, 6.45) is 0.123. The van der Waals surface area contributed by atoms with Gasteiger partial charge in [0, 0.05) is 16.1 Å². The molecule has 6 heteroatoms. The summed E-state index contributed by atoms with van der Waals surface area (Å²) in [5.74, 6) is -1.25. The largest absolute Gasteiger partial charge is 0.319 e. The number of amides is 1. The third-order valence-electron chi connectivity index (χ3n) is 2.71. The lowest BCUT2D eigenvalue weighted by atomic mass is 10.0. The van der Waals surface area contributed by atoms with Crippen molar-refractivity contribution < 1.29 is 14.4 Å². The fourth-order valence-electron chi connectivity index (χ4n) is 1.77. The van der Waals surface area contributed by atoms with E-state index in [4.69, 9.17) is 23.2 Å². The van der Waals surface area contributed by atoms with Gasteiger partial charge in [0.2, 0.25) is 6.29 Å². The third-order valence-corrected chi connectivity index (χ3v) is 3.27. The molecule has 0 saturated heterocycles. The summed E-state index contributed by atoms with van der Waals surface area (Å²) in [7, 11) is 0. The first-order valence-electron chi connectivity index (χ1n) is 5.88. The van der Waals surface area contributed by atoms with Crippen molar-refractivity contribution in [2.24, 2.45) is 0 Å². The monoisotopic (exact) mass is 321 g/mol. The molecule has 2 aromatic rings. The van der Waals surface area contributed by atoms with Crippen molar-refractivity contribution in [2.75, 3.05) is 5.32 Å². The quantitative estimate of drug-likeness (QED) is 0.533. The second-order valence-electron chi connectivity index (χ2n) is 4.11. The van der Waals surface area contributed by atoms with Gasteiger partial charge in [-0.15, -0.1) is 0 Å². The first-order chi connectivity index (χ1) is 10.0. The average Bonchev–Trinajstić information content (AvgIpc) is 2.48. The van der Waals surface area contributed by atoms with E-state index in [-0.39, 0.29) is 28.1 Å². The van der Waals surface area contributed by atoms with Crippen molar-refractivity contribution in [3.63, 3.8) is 0 Å². The van der Waals surface area contributed by atoms with Crippen molar-refractivity contribution in [3.05, 3.63) is 63.6 Å². The van der Waals surface area contributed by atoms with Crippen LogP contribution in [-0.2, 0) is 9.59 Å². The number of anilines is 1. The summed E-state index contributed by atoms with van der Waals surface area (Å²) in [6, 6.07) is 10.9. The van der Waals surface area contributed by atoms with Crippen LogP contribution >= 0.6 is 23.2 Å². The van der Waals surface area contributed by atoms with Crippen LogP contribution in [0.3, 0.4) is 0 Å². The number of carbonyl (C=O) groups excluding carboxylic acids is 3. The molecule has 0 bridgehead atoms. The van der Waals surface area contributed by atoms with Crippen molar-refractivity contribution >= 4 is 46.9 Å². The standard InChI is InChI=1S/C15H9Cl2NO3/c16-9-5-6-13(18-14(20)8-19)11(7-9)15(21)10-3-1-2-4-12(10)17/h1-8H,(H,18,20). The zero-order valence-electron chi connectivity index (χ0n) is 10.6. The molecular formula is C15H9Cl2NO3. The highest BCUT2D eigenvalue weighted by Gasteiger charge is 2.17. The summed E-state index contributed by atoms with van der Waals surface area (Å²) in [5.41, 5.74) is 0.634. The molecule has 2 rings (SSSR count). The van der Waals surface area contributed by atoms with Crippen LogP contribution in [0.5, 0.6) is 0 Å². The minimum Gasteiger partial charge on any atom is -0.319 e. The molecule has 0 aliphatic carbocycles. The lowest BCUT2D eigenvalue weighted by Crippen LogP contribution is -2.15. The number of ketones is 1. The Morgan fingerprint density at radius 1 is 1.00 bits per heavy atom. The number of aldehydes is 1. The maximum absolute atomic E-state index is 12.5. The maximum atomic E-state index is 12.5. The van der Waals surface area contributed by atoms with Gasteiger partial charge in [-0.05, 0) is 30.3 Å². The van der Waals surface area contributed by atoms with Gasteiger partial charge in [-0.2, -0.15) is 0 Å². The lowest BCUT2D eigenvalue weighted by Gasteiger charge is -2.10. The summed E-state index contributed by atoms with van der Waals surface area (Å²) < 4.78 is 0. The van der Waals surface area contributed by atoms with Crippen LogP contribution in [0.2, 0.25) is 10.0 Å². The van der Waals surface area contributed by atoms with Gasteiger partial charge in [0.15, 0.2) is 5.78 Å². The second kappa shape index (κ2) is 6.52. The van der Waals surface area contributed by atoms with Gasteiger partial charge < -0.3 is 5.32 Å². The molecule has 0 aliphatic heterocycles.